The largest absolute Gasteiger partial charge is 0.507 e. The van der Waals surface area contributed by atoms with E-state index < -0.39 is 21.7 Å². The van der Waals surface area contributed by atoms with Crippen molar-refractivity contribution in [2.45, 2.75) is 18.9 Å². The van der Waals surface area contributed by atoms with Crippen LogP contribution in [0.1, 0.15) is 23.2 Å². The molecule has 7 nitrogen and oxygen atoms in total. The second kappa shape index (κ2) is 5.68. The summed E-state index contributed by atoms with van der Waals surface area (Å²) in [5.41, 5.74) is -0.169. The number of benzene rings is 1. The molecule has 8 heteroatoms. The Morgan fingerprint density at radius 3 is 2.75 bits per heavy atom. The first-order valence-corrected chi connectivity index (χ1v) is 7.71. The average Bonchev–Trinajstić information content (AvgIpc) is 2.79. The summed E-state index contributed by atoms with van der Waals surface area (Å²) < 4.78 is 31.3. The molecular weight excluding hydrogens is 286 g/mol. The number of sulfonamides is 1. The second-order valence-electron chi connectivity index (χ2n) is 4.56. The number of rotatable bonds is 5. The molecule has 1 aromatic carbocycles. The molecule has 0 radical (unpaired) electrons. The maximum Gasteiger partial charge on any atom is 0.339 e. The van der Waals surface area contributed by atoms with Crippen LogP contribution in [0.5, 0.6) is 5.75 Å². The summed E-state index contributed by atoms with van der Waals surface area (Å²) in [4.78, 5) is 10.7. The number of carboxylic acid groups (broad SMARTS) is 1. The Morgan fingerprint density at radius 1 is 1.45 bits per heavy atom. The highest BCUT2D eigenvalue weighted by Gasteiger charge is 2.23. The van der Waals surface area contributed by atoms with Crippen molar-refractivity contribution >= 4 is 21.7 Å². The minimum Gasteiger partial charge on any atom is -0.507 e. The van der Waals surface area contributed by atoms with E-state index >= 15 is 0 Å². The molecule has 3 N–H and O–H groups in total. The molecule has 110 valence electrons. The smallest absolute Gasteiger partial charge is 0.339 e. The molecule has 1 atom stereocenters. The van der Waals surface area contributed by atoms with E-state index in [-0.39, 0.29) is 23.1 Å². The Hall–Kier alpha value is -1.80. The van der Waals surface area contributed by atoms with Gasteiger partial charge in [-0.1, -0.05) is 0 Å². The summed E-state index contributed by atoms with van der Waals surface area (Å²) >= 11 is 0. The summed E-state index contributed by atoms with van der Waals surface area (Å²) in [5.74, 6) is -1.93. The quantitative estimate of drug-likeness (QED) is 0.748. The second-order valence-corrected chi connectivity index (χ2v) is 6.32. The Balaban J connectivity index is 2.08. The monoisotopic (exact) mass is 301 g/mol. The van der Waals surface area contributed by atoms with Crippen molar-refractivity contribution in [1.82, 2.24) is 0 Å². The SMILES string of the molecule is O=C(O)c1ccc(NS(=O)(=O)CC2CCCO2)cc1O. The molecule has 1 fully saturated rings. The van der Waals surface area contributed by atoms with Gasteiger partial charge in [-0.05, 0) is 25.0 Å². The Bertz CT molecular complexity index is 606. The van der Waals surface area contributed by atoms with Gasteiger partial charge in [0.2, 0.25) is 10.0 Å². The normalized spacial score (nSPS) is 18.9. The van der Waals surface area contributed by atoms with Crippen LogP contribution in [0, 0.1) is 0 Å². The molecule has 1 unspecified atom stereocenters. The summed E-state index contributed by atoms with van der Waals surface area (Å²) in [6, 6.07) is 3.49. The fourth-order valence-electron chi connectivity index (χ4n) is 2.02. The predicted octanol–water partition coefficient (Wildman–Crippen LogP) is 1.01. The summed E-state index contributed by atoms with van der Waals surface area (Å²) in [6.45, 7) is 0.564. The molecular formula is C12H15NO6S. The van der Waals surface area contributed by atoms with Gasteiger partial charge in [0, 0.05) is 12.7 Å². The lowest BCUT2D eigenvalue weighted by molar-refractivity contribution is 0.0693. The van der Waals surface area contributed by atoms with Gasteiger partial charge in [0.15, 0.2) is 0 Å². The lowest BCUT2D eigenvalue weighted by Crippen LogP contribution is -2.25. The van der Waals surface area contributed by atoms with E-state index in [9.17, 15) is 18.3 Å². The van der Waals surface area contributed by atoms with Crippen molar-refractivity contribution in [2.24, 2.45) is 0 Å². The minimum absolute atomic E-state index is 0.116. The van der Waals surface area contributed by atoms with E-state index in [1.54, 1.807) is 0 Å². The molecule has 0 aromatic heterocycles. The molecule has 0 amide bonds. The zero-order valence-corrected chi connectivity index (χ0v) is 11.4. The van der Waals surface area contributed by atoms with Gasteiger partial charge < -0.3 is 14.9 Å². The highest BCUT2D eigenvalue weighted by Crippen LogP contribution is 2.23. The highest BCUT2D eigenvalue weighted by atomic mass is 32.2. The predicted molar refractivity (Wildman–Crippen MR) is 71.4 cm³/mol. The molecule has 20 heavy (non-hydrogen) atoms. The van der Waals surface area contributed by atoms with Gasteiger partial charge in [0.05, 0.1) is 17.5 Å². The third kappa shape index (κ3) is 3.61. The number of ether oxygens (including phenoxy) is 1. The maximum absolute atomic E-state index is 11.9. The minimum atomic E-state index is -3.60. The highest BCUT2D eigenvalue weighted by molar-refractivity contribution is 7.92. The van der Waals surface area contributed by atoms with Crippen molar-refractivity contribution < 1.29 is 28.2 Å². The Kier molecular flexibility index (Phi) is 4.15. The van der Waals surface area contributed by atoms with Crippen LogP contribution in [0.25, 0.3) is 0 Å². The molecule has 2 rings (SSSR count). The van der Waals surface area contributed by atoms with E-state index in [0.717, 1.165) is 18.6 Å². The Labute approximate surface area is 116 Å². The van der Waals surface area contributed by atoms with E-state index in [2.05, 4.69) is 4.72 Å². The van der Waals surface area contributed by atoms with Crippen molar-refractivity contribution in [2.75, 3.05) is 17.1 Å². The molecule has 0 saturated carbocycles. The number of anilines is 1. The molecule has 0 spiro atoms. The molecule has 0 aliphatic carbocycles. The Morgan fingerprint density at radius 2 is 2.20 bits per heavy atom. The van der Waals surface area contributed by atoms with E-state index in [0.29, 0.717) is 13.0 Å². The van der Waals surface area contributed by atoms with E-state index in [4.69, 9.17) is 9.84 Å². The number of aromatic carboxylic acids is 1. The third-order valence-electron chi connectivity index (χ3n) is 2.93. The standard InChI is InChI=1S/C12H15NO6S/c14-11-6-8(3-4-10(11)12(15)16)13-20(17,18)7-9-2-1-5-19-9/h3-4,6,9,13-14H,1-2,5,7H2,(H,15,16). The van der Waals surface area contributed by atoms with Crippen LogP contribution >= 0.6 is 0 Å². The topological polar surface area (TPSA) is 113 Å². The van der Waals surface area contributed by atoms with Crippen molar-refractivity contribution in [1.29, 1.82) is 0 Å². The number of phenols is 1. The maximum atomic E-state index is 11.9. The van der Waals surface area contributed by atoms with Gasteiger partial charge in [-0.2, -0.15) is 0 Å². The molecule has 1 heterocycles. The first kappa shape index (κ1) is 14.6. The number of hydrogen-bond acceptors (Lipinski definition) is 5. The first-order chi connectivity index (χ1) is 9.37. The number of carbonyl (C=O) groups is 1. The van der Waals surface area contributed by atoms with Crippen LogP contribution in [-0.2, 0) is 14.8 Å². The van der Waals surface area contributed by atoms with Gasteiger partial charge in [-0.3, -0.25) is 4.72 Å². The van der Waals surface area contributed by atoms with Crippen molar-refractivity contribution in [3.8, 4) is 5.75 Å². The van der Waals surface area contributed by atoms with Crippen molar-refractivity contribution in [3.63, 3.8) is 0 Å². The van der Waals surface area contributed by atoms with Gasteiger partial charge >= 0.3 is 5.97 Å². The molecule has 1 saturated heterocycles. The van der Waals surface area contributed by atoms with Gasteiger partial charge in [0.25, 0.3) is 0 Å². The first-order valence-electron chi connectivity index (χ1n) is 6.06. The van der Waals surface area contributed by atoms with Crippen LogP contribution in [0.15, 0.2) is 18.2 Å². The third-order valence-corrected chi connectivity index (χ3v) is 4.29. The number of aromatic hydroxyl groups is 1. The molecule has 1 aromatic rings. The fourth-order valence-corrected chi connectivity index (χ4v) is 3.34. The van der Waals surface area contributed by atoms with E-state index in [1.807, 2.05) is 0 Å². The van der Waals surface area contributed by atoms with E-state index in [1.165, 1.54) is 6.07 Å². The zero-order valence-electron chi connectivity index (χ0n) is 10.6. The molecule has 0 bridgehead atoms. The van der Waals surface area contributed by atoms with Crippen LogP contribution in [0.2, 0.25) is 0 Å². The fraction of sp³-hybridized carbons (Fsp3) is 0.417. The number of nitrogens with one attached hydrogen (secondary N) is 1. The van der Waals surface area contributed by atoms with Crippen LogP contribution in [0.4, 0.5) is 5.69 Å². The lowest BCUT2D eigenvalue weighted by atomic mass is 10.2. The van der Waals surface area contributed by atoms with Gasteiger partial charge in [0.1, 0.15) is 11.3 Å². The summed E-state index contributed by atoms with van der Waals surface area (Å²) in [7, 11) is -3.60. The van der Waals surface area contributed by atoms with Crippen LogP contribution in [-0.4, -0.2) is 43.1 Å². The van der Waals surface area contributed by atoms with Crippen LogP contribution < -0.4 is 4.72 Å². The average molecular weight is 301 g/mol. The van der Waals surface area contributed by atoms with Gasteiger partial charge in [-0.25, -0.2) is 13.2 Å². The molecule has 1 aliphatic heterocycles. The summed E-state index contributed by atoms with van der Waals surface area (Å²) in [6.07, 6.45) is 1.22. The van der Waals surface area contributed by atoms with Crippen LogP contribution in [0.3, 0.4) is 0 Å². The number of hydrogen-bond donors (Lipinski definition) is 3. The molecule has 1 aliphatic rings. The zero-order chi connectivity index (χ0) is 14.8. The number of carboxylic acids is 1. The lowest BCUT2D eigenvalue weighted by Gasteiger charge is -2.12. The summed E-state index contributed by atoms with van der Waals surface area (Å²) in [5, 5.41) is 18.3. The van der Waals surface area contributed by atoms with Crippen molar-refractivity contribution in [3.05, 3.63) is 23.8 Å². The van der Waals surface area contributed by atoms with Gasteiger partial charge in [-0.15, -0.1) is 0 Å².